The Morgan fingerprint density at radius 1 is 1.53 bits per heavy atom. The molecule has 1 aromatic heterocycles. The Morgan fingerprint density at radius 2 is 2.21 bits per heavy atom. The highest BCUT2D eigenvalue weighted by Crippen LogP contribution is 2.02. The lowest BCUT2D eigenvalue weighted by Crippen LogP contribution is -2.32. The molecule has 6 nitrogen and oxygen atoms in total. The molecule has 1 heterocycles. The highest BCUT2D eigenvalue weighted by molar-refractivity contribution is 5.94. The molecule has 0 fully saturated rings. The Bertz CT molecular complexity index is 440. The minimum atomic E-state index is -0.380. The van der Waals surface area contributed by atoms with Crippen LogP contribution in [0, 0.1) is 5.92 Å². The Balaban J connectivity index is 0.00000324. The van der Waals surface area contributed by atoms with Gasteiger partial charge in [-0.2, -0.15) is 0 Å². The Morgan fingerprint density at radius 3 is 2.79 bits per heavy atom. The van der Waals surface area contributed by atoms with Crippen LogP contribution in [0.4, 0.5) is 0 Å². The molecular formula is C12H18ClN3O3. The maximum Gasteiger partial charge on any atom is 0.310 e. The topological polar surface area (TPSA) is 94.3 Å². The van der Waals surface area contributed by atoms with E-state index in [9.17, 15) is 9.59 Å². The number of halogens is 1. The van der Waals surface area contributed by atoms with Gasteiger partial charge in [0.25, 0.3) is 5.91 Å². The van der Waals surface area contributed by atoms with E-state index in [-0.39, 0.29) is 43.3 Å². The third kappa shape index (κ3) is 5.23. The smallest absolute Gasteiger partial charge is 0.310 e. The molecule has 1 amide bonds. The fourth-order valence-electron chi connectivity index (χ4n) is 1.36. The average molecular weight is 288 g/mol. The number of nitrogens with zero attached hydrogens (tertiary/aromatic N) is 1. The average Bonchev–Trinajstić information content (AvgIpc) is 2.43. The lowest BCUT2D eigenvalue weighted by atomic mass is 10.1. The first-order valence-corrected chi connectivity index (χ1v) is 5.59. The minimum Gasteiger partial charge on any atom is -0.469 e. The fourth-order valence-corrected chi connectivity index (χ4v) is 1.36. The number of amides is 1. The van der Waals surface area contributed by atoms with E-state index in [0.29, 0.717) is 11.3 Å². The van der Waals surface area contributed by atoms with Crippen molar-refractivity contribution in [2.24, 2.45) is 11.7 Å². The maximum absolute atomic E-state index is 11.8. The molecule has 3 N–H and O–H groups in total. The van der Waals surface area contributed by atoms with Crippen LogP contribution in [0.1, 0.15) is 23.0 Å². The minimum absolute atomic E-state index is 0. The number of carbonyl (C=O) groups excluding carboxylic acids is 2. The van der Waals surface area contributed by atoms with Gasteiger partial charge >= 0.3 is 5.97 Å². The van der Waals surface area contributed by atoms with Crippen molar-refractivity contribution >= 4 is 24.3 Å². The number of hydrogen-bond donors (Lipinski definition) is 2. The number of carbonyl (C=O) groups is 2. The molecule has 0 spiro atoms. The first kappa shape index (κ1) is 17.3. The van der Waals surface area contributed by atoms with Crippen LogP contribution in [-0.2, 0) is 16.1 Å². The monoisotopic (exact) mass is 287 g/mol. The number of aromatic nitrogens is 1. The van der Waals surface area contributed by atoms with Crippen LogP contribution in [0.15, 0.2) is 18.3 Å². The largest absolute Gasteiger partial charge is 0.469 e. The summed E-state index contributed by atoms with van der Waals surface area (Å²) in [5.41, 5.74) is 6.56. The van der Waals surface area contributed by atoms with Gasteiger partial charge in [0.15, 0.2) is 0 Å². The quantitative estimate of drug-likeness (QED) is 0.769. The SMILES string of the molecule is COC(=O)C(C)CNC(=O)c1ccnc(CN)c1.Cl. The Kier molecular flexibility index (Phi) is 7.71. The summed E-state index contributed by atoms with van der Waals surface area (Å²) in [5.74, 6) is -0.995. The van der Waals surface area contributed by atoms with Gasteiger partial charge in [-0.05, 0) is 12.1 Å². The van der Waals surface area contributed by atoms with E-state index in [1.54, 1.807) is 19.1 Å². The first-order chi connectivity index (χ1) is 8.58. The number of nitrogens with one attached hydrogen (secondary N) is 1. The molecule has 0 radical (unpaired) electrons. The van der Waals surface area contributed by atoms with Crippen LogP contribution in [-0.4, -0.2) is 30.5 Å². The molecule has 0 aliphatic rings. The fraction of sp³-hybridized carbons (Fsp3) is 0.417. The summed E-state index contributed by atoms with van der Waals surface area (Å²) in [6.45, 7) is 2.19. The van der Waals surface area contributed by atoms with E-state index in [4.69, 9.17) is 5.73 Å². The standard InChI is InChI=1S/C12H17N3O3.ClH/c1-8(12(17)18-2)7-15-11(16)9-3-4-14-10(5-9)6-13;/h3-5,8H,6-7,13H2,1-2H3,(H,15,16);1H. The Hall–Kier alpha value is -1.66. The normalized spacial score (nSPS) is 11.1. The lowest BCUT2D eigenvalue weighted by molar-refractivity contribution is -0.144. The molecule has 0 aliphatic carbocycles. The number of nitrogens with two attached hydrogens (primary N) is 1. The van der Waals surface area contributed by atoms with Gasteiger partial charge in [0.05, 0.1) is 18.7 Å². The molecule has 0 saturated carbocycles. The van der Waals surface area contributed by atoms with E-state index < -0.39 is 0 Å². The Labute approximate surface area is 118 Å². The summed E-state index contributed by atoms with van der Waals surface area (Å²) in [7, 11) is 1.32. The molecule has 1 atom stereocenters. The second kappa shape index (κ2) is 8.44. The van der Waals surface area contributed by atoms with Gasteiger partial charge in [-0.15, -0.1) is 12.4 Å². The number of ether oxygens (including phenoxy) is 1. The summed E-state index contributed by atoms with van der Waals surface area (Å²) in [5, 5.41) is 2.66. The number of rotatable bonds is 5. The highest BCUT2D eigenvalue weighted by atomic mass is 35.5. The van der Waals surface area contributed by atoms with Crippen LogP contribution in [0.3, 0.4) is 0 Å². The molecule has 0 bridgehead atoms. The van der Waals surface area contributed by atoms with Crippen molar-refractivity contribution in [3.05, 3.63) is 29.6 Å². The number of esters is 1. The summed E-state index contributed by atoms with van der Waals surface area (Å²) < 4.78 is 4.57. The van der Waals surface area contributed by atoms with Crippen molar-refractivity contribution < 1.29 is 14.3 Å². The summed E-state index contributed by atoms with van der Waals surface area (Å²) >= 11 is 0. The second-order valence-corrected chi connectivity index (χ2v) is 3.87. The number of methoxy groups -OCH3 is 1. The molecular weight excluding hydrogens is 270 g/mol. The maximum atomic E-state index is 11.8. The molecule has 7 heteroatoms. The molecule has 0 saturated heterocycles. The van der Waals surface area contributed by atoms with Crippen LogP contribution in [0.5, 0.6) is 0 Å². The molecule has 1 unspecified atom stereocenters. The van der Waals surface area contributed by atoms with Gasteiger partial charge in [-0.25, -0.2) is 0 Å². The van der Waals surface area contributed by atoms with Crippen molar-refractivity contribution in [3.63, 3.8) is 0 Å². The first-order valence-electron chi connectivity index (χ1n) is 5.59. The molecule has 0 aromatic carbocycles. The predicted octanol–water partition coefficient (Wildman–Crippen LogP) is 0.501. The van der Waals surface area contributed by atoms with E-state index in [1.165, 1.54) is 13.3 Å². The van der Waals surface area contributed by atoms with Crippen LogP contribution in [0.2, 0.25) is 0 Å². The van der Waals surface area contributed by atoms with Crippen molar-refractivity contribution in [1.29, 1.82) is 0 Å². The van der Waals surface area contributed by atoms with Gasteiger partial charge in [0, 0.05) is 24.8 Å². The summed E-state index contributed by atoms with van der Waals surface area (Å²) in [4.78, 5) is 27.0. The molecule has 106 valence electrons. The zero-order valence-electron chi connectivity index (χ0n) is 10.9. The van der Waals surface area contributed by atoms with Gasteiger partial charge in [-0.1, -0.05) is 6.92 Å². The zero-order valence-corrected chi connectivity index (χ0v) is 11.7. The predicted molar refractivity (Wildman–Crippen MR) is 72.9 cm³/mol. The van der Waals surface area contributed by atoms with E-state index in [0.717, 1.165) is 0 Å². The van der Waals surface area contributed by atoms with Crippen LogP contribution in [0.25, 0.3) is 0 Å². The summed E-state index contributed by atoms with van der Waals surface area (Å²) in [6, 6.07) is 3.22. The van der Waals surface area contributed by atoms with Crippen molar-refractivity contribution in [2.45, 2.75) is 13.5 Å². The number of hydrogen-bond acceptors (Lipinski definition) is 5. The highest BCUT2D eigenvalue weighted by Gasteiger charge is 2.14. The van der Waals surface area contributed by atoms with E-state index >= 15 is 0 Å². The molecule has 1 rings (SSSR count). The third-order valence-corrected chi connectivity index (χ3v) is 2.46. The van der Waals surface area contributed by atoms with Crippen LogP contribution >= 0.6 is 12.4 Å². The molecule has 1 aromatic rings. The summed E-state index contributed by atoms with van der Waals surface area (Å²) in [6.07, 6.45) is 1.53. The molecule has 19 heavy (non-hydrogen) atoms. The van der Waals surface area contributed by atoms with Gasteiger partial charge < -0.3 is 15.8 Å². The van der Waals surface area contributed by atoms with Gasteiger partial charge in [0.2, 0.25) is 0 Å². The van der Waals surface area contributed by atoms with E-state index in [1.807, 2.05) is 0 Å². The van der Waals surface area contributed by atoms with Crippen LogP contribution < -0.4 is 11.1 Å². The molecule has 0 aliphatic heterocycles. The van der Waals surface area contributed by atoms with Gasteiger partial charge in [0.1, 0.15) is 0 Å². The van der Waals surface area contributed by atoms with Crippen molar-refractivity contribution in [2.75, 3.05) is 13.7 Å². The van der Waals surface area contributed by atoms with Gasteiger partial charge in [-0.3, -0.25) is 14.6 Å². The number of pyridine rings is 1. The lowest BCUT2D eigenvalue weighted by Gasteiger charge is -2.10. The van der Waals surface area contributed by atoms with Crippen molar-refractivity contribution in [1.82, 2.24) is 10.3 Å². The van der Waals surface area contributed by atoms with Crippen molar-refractivity contribution in [3.8, 4) is 0 Å². The zero-order chi connectivity index (χ0) is 13.5. The second-order valence-electron chi connectivity index (χ2n) is 3.87. The van der Waals surface area contributed by atoms with E-state index in [2.05, 4.69) is 15.0 Å². The third-order valence-electron chi connectivity index (χ3n) is 2.46.